The Morgan fingerprint density at radius 3 is 2.35 bits per heavy atom. The van der Waals surface area contributed by atoms with Crippen LogP contribution in [0.1, 0.15) is 23.1 Å². The van der Waals surface area contributed by atoms with Crippen LogP contribution in [-0.4, -0.2) is 33.7 Å². The third-order valence-electron chi connectivity index (χ3n) is 4.27. The van der Waals surface area contributed by atoms with Crippen LogP contribution in [0, 0.1) is 13.8 Å². The molecule has 26 heavy (non-hydrogen) atoms. The minimum absolute atomic E-state index is 0.216. The highest BCUT2D eigenvalue weighted by atomic mass is 32.2. The molecule has 0 aromatic heterocycles. The lowest BCUT2D eigenvalue weighted by Crippen LogP contribution is -2.40. The number of nitrogens with zero attached hydrogens (tertiary/aromatic N) is 1. The van der Waals surface area contributed by atoms with Gasteiger partial charge in [-0.05, 0) is 55.5 Å². The fraction of sp³-hybridized carbons (Fsp3) is 0.350. The fourth-order valence-electron chi connectivity index (χ4n) is 2.63. The Kier molecular flexibility index (Phi) is 6.80. The van der Waals surface area contributed by atoms with Crippen LogP contribution < -0.4 is 9.62 Å². The summed E-state index contributed by atoms with van der Waals surface area (Å²) in [5.74, 6) is -0.304. The number of carbonyl (C=O) groups is 1. The van der Waals surface area contributed by atoms with E-state index < -0.39 is 10.0 Å². The molecule has 1 amide bonds. The summed E-state index contributed by atoms with van der Waals surface area (Å²) in [5, 5.41) is 2.81. The van der Waals surface area contributed by atoms with E-state index in [4.69, 9.17) is 0 Å². The quantitative estimate of drug-likeness (QED) is 0.723. The Morgan fingerprint density at radius 1 is 1.04 bits per heavy atom. The first-order valence-electron chi connectivity index (χ1n) is 8.63. The molecule has 0 aliphatic rings. The van der Waals surface area contributed by atoms with Crippen LogP contribution in [0.4, 0.5) is 5.69 Å². The monoisotopic (exact) mass is 374 g/mol. The molecule has 0 saturated carbocycles. The summed E-state index contributed by atoms with van der Waals surface area (Å²) in [6.07, 6.45) is 2.79. The first kappa shape index (κ1) is 20.0. The van der Waals surface area contributed by atoms with Gasteiger partial charge in [0.2, 0.25) is 15.9 Å². The van der Waals surface area contributed by atoms with Gasteiger partial charge >= 0.3 is 0 Å². The lowest BCUT2D eigenvalue weighted by Gasteiger charge is -2.22. The summed E-state index contributed by atoms with van der Waals surface area (Å²) in [6.45, 7) is 4.18. The molecule has 5 nitrogen and oxygen atoms in total. The van der Waals surface area contributed by atoms with Crippen LogP contribution in [0.3, 0.4) is 0 Å². The normalized spacial score (nSPS) is 11.2. The molecule has 0 aliphatic carbocycles. The molecule has 0 aliphatic heterocycles. The van der Waals surface area contributed by atoms with Crippen LogP contribution in [0.15, 0.2) is 48.5 Å². The van der Waals surface area contributed by atoms with E-state index in [2.05, 4.69) is 5.32 Å². The number of nitrogens with one attached hydrogen (secondary N) is 1. The molecule has 0 bridgehead atoms. The van der Waals surface area contributed by atoms with Crippen molar-refractivity contribution in [3.63, 3.8) is 0 Å². The van der Waals surface area contributed by atoms with Crippen molar-refractivity contribution >= 4 is 21.6 Å². The number of aryl methyl sites for hydroxylation is 3. The van der Waals surface area contributed by atoms with E-state index in [-0.39, 0.29) is 12.5 Å². The molecule has 1 N–H and O–H groups in total. The number of hydrogen-bond acceptors (Lipinski definition) is 3. The van der Waals surface area contributed by atoms with Gasteiger partial charge in [-0.2, -0.15) is 0 Å². The first-order chi connectivity index (χ1) is 12.3. The van der Waals surface area contributed by atoms with Gasteiger partial charge in [-0.25, -0.2) is 8.42 Å². The number of hydrogen-bond donors (Lipinski definition) is 1. The zero-order chi connectivity index (χ0) is 19.2. The molecule has 6 heteroatoms. The van der Waals surface area contributed by atoms with E-state index in [0.29, 0.717) is 12.2 Å². The van der Waals surface area contributed by atoms with Crippen molar-refractivity contribution in [3.05, 3.63) is 65.2 Å². The summed E-state index contributed by atoms with van der Waals surface area (Å²) in [4.78, 5) is 12.2. The Hall–Kier alpha value is -2.34. The predicted octanol–water partition coefficient (Wildman–Crippen LogP) is 2.82. The van der Waals surface area contributed by atoms with Crippen molar-refractivity contribution in [2.24, 2.45) is 0 Å². The minimum atomic E-state index is -3.54. The Morgan fingerprint density at radius 2 is 1.73 bits per heavy atom. The van der Waals surface area contributed by atoms with Gasteiger partial charge in [-0.1, -0.05) is 36.4 Å². The molecule has 0 atom stereocenters. The third-order valence-corrected chi connectivity index (χ3v) is 5.41. The molecule has 0 heterocycles. The lowest BCUT2D eigenvalue weighted by atomic mass is 10.1. The molecule has 2 rings (SSSR count). The standard InChI is InChI=1S/C20H26N2O3S/c1-16-11-12-19(14-17(16)2)22(26(3,24)25)15-20(23)21-13-7-10-18-8-5-4-6-9-18/h4-6,8-9,11-12,14H,7,10,13,15H2,1-3H3,(H,21,23). The summed E-state index contributed by atoms with van der Waals surface area (Å²) >= 11 is 0. The molecular weight excluding hydrogens is 348 g/mol. The number of sulfonamides is 1. The zero-order valence-electron chi connectivity index (χ0n) is 15.5. The molecule has 0 unspecified atom stereocenters. The maximum absolute atomic E-state index is 12.2. The van der Waals surface area contributed by atoms with Crippen molar-refractivity contribution in [1.29, 1.82) is 0 Å². The Bertz CT molecular complexity index is 849. The maximum Gasteiger partial charge on any atom is 0.240 e. The van der Waals surface area contributed by atoms with E-state index >= 15 is 0 Å². The Labute approximate surface area is 156 Å². The lowest BCUT2D eigenvalue weighted by molar-refractivity contribution is -0.119. The van der Waals surface area contributed by atoms with Crippen molar-refractivity contribution in [1.82, 2.24) is 5.32 Å². The molecular formula is C20H26N2O3S. The largest absolute Gasteiger partial charge is 0.355 e. The van der Waals surface area contributed by atoms with Crippen molar-refractivity contribution < 1.29 is 13.2 Å². The number of benzene rings is 2. The average molecular weight is 375 g/mol. The van der Waals surface area contributed by atoms with Crippen LogP contribution in [0.5, 0.6) is 0 Å². The molecule has 0 fully saturated rings. The second kappa shape index (κ2) is 8.85. The highest BCUT2D eigenvalue weighted by Gasteiger charge is 2.21. The first-order valence-corrected chi connectivity index (χ1v) is 10.5. The smallest absolute Gasteiger partial charge is 0.240 e. The predicted molar refractivity (Wildman–Crippen MR) is 106 cm³/mol. The molecule has 2 aromatic carbocycles. The molecule has 2 aromatic rings. The van der Waals surface area contributed by atoms with E-state index in [1.807, 2.05) is 50.2 Å². The molecule has 0 saturated heterocycles. The minimum Gasteiger partial charge on any atom is -0.355 e. The number of carbonyl (C=O) groups excluding carboxylic acids is 1. The summed E-state index contributed by atoms with van der Waals surface area (Å²) in [6, 6.07) is 15.4. The summed E-state index contributed by atoms with van der Waals surface area (Å²) < 4.78 is 25.4. The average Bonchev–Trinajstić information content (AvgIpc) is 2.59. The third kappa shape index (κ3) is 5.88. The van der Waals surface area contributed by atoms with Gasteiger partial charge in [0, 0.05) is 6.54 Å². The summed E-state index contributed by atoms with van der Waals surface area (Å²) in [5.41, 5.74) is 3.79. The summed E-state index contributed by atoms with van der Waals surface area (Å²) in [7, 11) is -3.54. The van der Waals surface area contributed by atoms with Crippen LogP contribution >= 0.6 is 0 Å². The number of amides is 1. The van der Waals surface area contributed by atoms with Crippen molar-refractivity contribution in [2.45, 2.75) is 26.7 Å². The van der Waals surface area contributed by atoms with Crippen molar-refractivity contribution in [2.75, 3.05) is 23.7 Å². The van der Waals surface area contributed by atoms with Gasteiger partial charge in [0.15, 0.2) is 0 Å². The molecule has 0 spiro atoms. The molecule has 140 valence electrons. The van der Waals surface area contributed by atoms with E-state index in [1.54, 1.807) is 12.1 Å². The van der Waals surface area contributed by atoms with E-state index in [9.17, 15) is 13.2 Å². The van der Waals surface area contributed by atoms with Gasteiger partial charge in [0.25, 0.3) is 0 Å². The highest BCUT2D eigenvalue weighted by Crippen LogP contribution is 2.21. The number of anilines is 1. The van der Waals surface area contributed by atoms with E-state index in [0.717, 1.165) is 34.5 Å². The number of rotatable bonds is 8. The Balaban J connectivity index is 1.93. The van der Waals surface area contributed by atoms with Gasteiger partial charge in [-0.3, -0.25) is 9.10 Å². The topological polar surface area (TPSA) is 66.5 Å². The van der Waals surface area contributed by atoms with Crippen LogP contribution in [0.25, 0.3) is 0 Å². The van der Waals surface area contributed by atoms with Gasteiger partial charge < -0.3 is 5.32 Å². The van der Waals surface area contributed by atoms with Crippen LogP contribution in [-0.2, 0) is 21.2 Å². The second-order valence-electron chi connectivity index (χ2n) is 6.48. The van der Waals surface area contributed by atoms with E-state index in [1.165, 1.54) is 5.56 Å². The van der Waals surface area contributed by atoms with Gasteiger partial charge in [0.1, 0.15) is 6.54 Å². The SMILES string of the molecule is Cc1ccc(N(CC(=O)NCCCc2ccccc2)S(C)(=O)=O)cc1C. The fourth-order valence-corrected chi connectivity index (χ4v) is 3.48. The highest BCUT2D eigenvalue weighted by molar-refractivity contribution is 7.92. The van der Waals surface area contributed by atoms with Crippen molar-refractivity contribution in [3.8, 4) is 0 Å². The maximum atomic E-state index is 12.2. The van der Waals surface area contributed by atoms with Crippen LogP contribution in [0.2, 0.25) is 0 Å². The second-order valence-corrected chi connectivity index (χ2v) is 8.38. The molecule has 0 radical (unpaired) electrons. The van der Waals surface area contributed by atoms with Gasteiger partial charge in [-0.15, -0.1) is 0 Å². The zero-order valence-corrected chi connectivity index (χ0v) is 16.3. The van der Waals surface area contributed by atoms with Gasteiger partial charge in [0.05, 0.1) is 11.9 Å².